The second-order valence-electron chi connectivity index (χ2n) is 6.18. The van der Waals surface area contributed by atoms with Crippen LogP contribution in [-0.4, -0.2) is 52.0 Å². The lowest BCUT2D eigenvalue weighted by atomic mass is 10.1. The second-order valence-corrected chi connectivity index (χ2v) is 8.12. The van der Waals surface area contributed by atoms with E-state index in [2.05, 4.69) is 5.32 Å². The molecule has 1 amide bonds. The van der Waals surface area contributed by atoms with E-state index < -0.39 is 10.0 Å². The average Bonchev–Trinajstić information content (AvgIpc) is 2.69. The topological polar surface area (TPSA) is 84.9 Å². The van der Waals surface area contributed by atoms with Gasteiger partial charge >= 0.3 is 0 Å². The van der Waals surface area contributed by atoms with Crippen molar-refractivity contribution in [3.8, 4) is 5.75 Å². The number of sulfonamides is 1. The summed E-state index contributed by atoms with van der Waals surface area (Å²) in [6.45, 7) is 3.29. The zero-order valence-corrected chi connectivity index (χ0v) is 16.1. The van der Waals surface area contributed by atoms with Crippen LogP contribution in [0.2, 0.25) is 0 Å². The highest BCUT2D eigenvalue weighted by molar-refractivity contribution is 7.89. The van der Waals surface area contributed by atoms with Crippen LogP contribution in [0.5, 0.6) is 5.75 Å². The van der Waals surface area contributed by atoms with Gasteiger partial charge in [0, 0.05) is 24.3 Å². The number of morpholine rings is 1. The molecule has 1 N–H and O–H groups in total. The molecular formula is C19H22N2O5S. The molecule has 144 valence electrons. The van der Waals surface area contributed by atoms with Gasteiger partial charge in [0.15, 0.2) is 0 Å². The molecule has 1 saturated heterocycles. The molecule has 7 nitrogen and oxygen atoms in total. The third-order valence-electron chi connectivity index (χ3n) is 4.37. The molecule has 2 aromatic rings. The molecule has 0 aliphatic carbocycles. The predicted molar refractivity (Wildman–Crippen MR) is 102 cm³/mol. The Labute approximate surface area is 158 Å². The predicted octanol–water partition coefficient (Wildman–Crippen LogP) is 2.28. The first-order chi connectivity index (χ1) is 12.9. The number of aryl methyl sites for hydroxylation is 1. The Kier molecular flexibility index (Phi) is 5.79. The summed E-state index contributed by atoms with van der Waals surface area (Å²) in [7, 11) is -2.07. The first-order valence-electron chi connectivity index (χ1n) is 8.56. The monoisotopic (exact) mass is 390 g/mol. The van der Waals surface area contributed by atoms with Gasteiger partial charge in [0.25, 0.3) is 5.91 Å². The van der Waals surface area contributed by atoms with Crippen molar-refractivity contribution in [2.75, 3.05) is 38.7 Å². The summed E-state index contributed by atoms with van der Waals surface area (Å²) in [5, 5.41) is 2.74. The molecule has 1 aliphatic rings. The smallest absolute Gasteiger partial charge is 0.255 e. The van der Waals surface area contributed by atoms with Gasteiger partial charge in [0.1, 0.15) is 5.75 Å². The number of methoxy groups -OCH3 is 1. The molecule has 1 fully saturated rings. The van der Waals surface area contributed by atoms with Gasteiger partial charge in [-0.3, -0.25) is 4.79 Å². The van der Waals surface area contributed by atoms with E-state index in [0.717, 1.165) is 5.56 Å². The number of nitrogens with zero attached hydrogens (tertiary/aromatic N) is 1. The number of hydrogen-bond donors (Lipinski definition) is 1. The van der Waals surface area contributed by atoms with Crippen molar-refractivity contribution in [1.29, 1.82) is 0 Å². The van der Waals surface area contributed by atoms with Gasteiger partial charge in [-0.25, -0.2) is 8.42 Å². The minimum absolute atomic E-state index is 0.142. The van der Waals surface area contributed by atoms with Crippen molar-refractivity contribution in [2.24, 2.45) is 0 Å². The molecule has 1 heterocycles. The SMILES string of the molecule is COc1cc(C(=O)Nc2cccc(S(=O)(=O)N3CCOCC3)c2)ccc1C. The lowest BCUT2D eigenvalue weighted by Crippen LogP contribution is -2.40. The van der Waals surface area contributed by atoms with Crippen LogP contribution in [0.3, 0.4) is 0 Å². The standard InChI is InChI=1S/C19H22N2O5S/c1-14-6-7-15(12-18(14)25-2)19(22)20-16-4-3-5-17(13-16)27(23,24)21-8-10-26-11-9-21/h3-7,12-13H,8-11H2,1-2H3,(H,20,22). The normalized spacial score (nSPS) is 15.3. The molecule has 1 aliphatic heterocycles. The highest BCUT2D eigenvalue weighted by Crippen LogP contribution is 2.23. The van der Waals surface area contributed by atoms with Gasteiger partial charge in [0.05, 0.1) is 25.2 Å². The number of hydrogen-bond acceptors (Lipinski definition) is 5. The second kappa shape index (κ2) is 8.08. The van der Waals surface area contributed by atoms with Crippen LogP contribution < -0.4 is 10.1 Å². The highest BCUT2D eigenvalue weighted by atomic mass is 32.2. The molecule has 2 aromatic carbocycles. The van der Waals surface area contributed by atoms with E-state index in [1.54, 1.807) is 37.4 Å². The van der Waals surface area contributed by atoms with Crippen LogP contribution in [-0.2, 0) is 14.8 Å². The third kappa shape index (κ3) is 4.29. The van der Waals surface area contributed by atoms with Gasteiger partial charge in [-0.05, 0) is 42.8 Å². The molecule has 27 heavy (non-hydrogen) atoms. The van der Waals surface area contributed by atoms with Crippen LogP contribution in [0, 0.1) is 6.92 Å². The third-order valence-corrected chi connectivity index (χ3v) is 6.26. The van der Waals surface area contributed by atoms with Crippen LogP contribution in [0.1, 0.15) is 15.9 Å². The summed E-state index contributed by atoms with van der Waals surface area (Å²) in [6.07, 6.45) is 0. The summed E-state index contributed by atoms with van der Waals surface area (Å²) in [5.74, 6) is 0.278. The number of rotatable bonds is 5. The van der Waals surface area contributed by atoms with Gasteiger partial charge in [-0.1, -0.05) is 12.1 Å². The van der Waals surface area contributed by atoms with Crippen molar-refractivity contribution in [2.45, 2.75) is 11.8 Å². The molecule has 0 bridgehead atoms. The van der Waals surface area contributed by atoms with E-state index in [-0.39, 0.29) is 10.8 Å². The fourth-order valence-electron chi connectivity index (χ4n) is 2.83. The summed E-state index contributed by atoms with van der Waals surface area (Å²) >= 11 is 0. The van der Waals surface area contributed by atoms with Gasteiger partial charge < -0.3 is 14.8 Å². The lowest BCUT2D eigenvalue weighted by Gasteiger charge is -2.26. The van der Waals surface area contributed by atoms with Crippen LogP contribution in [0.4, 0.5) is 5.69 Å². The Bertz CT molecular complexity index is 937. The fraction of sp³-hybridized carbons (Fsp3) is 0.316. The fourth-order valence-corrected chi connectivity index (χ4v) is 4.29. The maximum atomic E-state index is 12.8. The first-order valence-corrected chi connectivity index (χ1v) is 10.00. The summed E-state index contributed by atoms with van der Waals surface area (Å²) in [4.78, 5) is 12.7. The van der Waals surface area contributed by atoms with Crippen molar-refractivity contribution < 1.29 is 22.7 Å². The minimum Gasteiger partial charge on any atom is -0.496 e. The highest BCUT2D eigenvalue weighted by Gasteiger charge is 2.26. The maximum absolute atomic E-state index is 12.8. The van der Waals surface area contributed by atoms with E-state index in [0.29, 0.717) is 43.3 Å². The van der Waals surface area contributed by atoms with Gasteiger partial charge in [-0.2, -0.15) is 4.31 Å². The molecule has 8 heteroatoms. The lowest BCUT2D eigenvalue weighted by molar-refractivity contribution is 0.0730. The van der Waals surface area contributed by atoms with Crippen LogP contribution in [0.25, 0.3) is 0 Å². The quantitative estimate of drug-likeness (QED) is 0.847. The molecule has 0 saturated carbocycles. The van der Waals surface area contributed by atoms with Crippen molar-refractivity contribution in [1.82, 2.24) is 4.31 Å². The Morgan fingerprint density at radius 1 is 1.15 bits per heavy atom. The maximum Gasteiger partial charge on any atom is 0.255 e. The number of carbonyl (C=O) groups is 1. The molecule has 0 unspecified atom stereocenters. The zero-order valence-electron chi connectivity index (χ0n) is 15.3. The number of ether oxygens (including phenoxy) is 2. The van der Waals surface area contributed by atoms with Crippen LogP contribution >= 0.6 is 0 Å². The van der Waals surface area contributed by atoms with Crippen molar-refractivity contribution >= 4 is 21.6 Å². The largest absolute Gasteiger partial charge is 0.496 e. The minimum atomic E-state index is -3.62. The number of nitrogens with one attached hydrogen (secondary N) is 1. The summed E-state index contributed by atoms with van der Waals surface area (Å²) in [5.41, 5.74) is 1.76. The Balaban J connectivity index is 1.80. The molecule has 3 rings (SSSR count). The number of carbonyl (C=O) groups excluding carboxylic acids is 1. The molecular weight excluding hydrogens is 368 g/mol. The molecule has 0 aromatic heterocycles. The number of benzene rings is 2. The number of amides is 1. The van der Waals surface area contributed by atoms with Crippen molar-refractivity contribution in [3.63, 3.8) is 0 Å². The summed E-state index contributed by atoms with van der Waals surface area (Å²) in [6, 6.07) is 11.4. The average molecular weight is 390 g/mol. The zero-order chi connectivity index (χ0) is 19.4. The van der Waals surface area contributed by atoms with Gasteiger partial charge in [0.2, 0.25) is 10.0 Å². The Morgan fingerprint density at radius 2 is 1.89 bits per heavy atom. The Hall–Kier alpha value is -2.42. The van der Waals surface area contributed by atoms with Crippen LogP contribution in [0.15, 0.2) is 47.4 Å². The van der Waals surface area contributed by atoms with Gasteiger partial charge in [-0.15, -0.1) is 0 Å². The van der Waals surface area contributed by atoms with E-state index in [9.17, 15) is 13.2 Å². The molecule has 0 atom stereocenters. The van der Waals surface area contributed by atoms with E-state index in [4.69, 9.17) is 9.47 Å². The summed E-state index contributed by atoms with van der Waals surface area (Å²) < 4.78 is 37.4. The number of anilines is 1. The first kappa shape index (κ1) is 19.3. The van der Waals surface area contributed by atoms with E-state index >= 15 is 0 Å². The molecule has 0 radical (unpaired) electrons. The Morgan fingerprint density at radius 3 is 2.59 bits per heavy atom. The van der Waals surface area contributed by atoms with Crippen molar-refractivity contribution in [3.05, 3.63) is 53.6 Å². The van der Waals surface area contributed by atoms with E-state index in [1.807, 2.05) is 6.92 Å². The van der Waals surface area contributed by atoms with E-state index in [1.165, 1.54) is 16.4 Å². The molecule has 0 spiro atoms.